The van der Waals surface area contributed by atoms with Crippen molar-refractivity contribution in [1.29, 1.82) is 0 Å². The third-order valence-electron chi connectivity index (χ3n) is 3.29. The minimum absolute atomic E-state index is 0.488. The maximum atomic E-state index is 6.10. The highest BCUT2D eigenvalue weighted by Crippen LogP contribution is 2.21. The lowest BCUT2D eigenvalue weighted by Crippen LogP contribution is -2.48. The highest BCUT2D eigenvalue weighted by Gasteiger charge is 2.41. The summed E-state index contributed by atoms with van der Waals surface area (Å²) in [6, 6.07) is 0.801. The molecule has 0 amide bonds. The number of hydrogen-bond donors (Lipinski definition) is 0. The molecule has 0 saturated carbocycles. The fourth-order valence-corrected chi connectivity index (χ4v) is 4.81. The Morgan fingerprint density at radius 3 is 1.29 bits per heavy atom. The minimum Gasteiger partial charge on any atom is -0.379 e. The van der Waals surface area contributed by atoms with Crippen LogP contribution in [0, 0.1) is 5.92 Å². The van der Waals surface area contributed by atoms with Gasteiger partial charge >= 0.3 is 8.80 Å². The van der Waals surface area contributed by atoms with Crippen molar-refractivity contribution in [2.24, 2.45) is 5.92 Å². The van der Waals surface area contributed by atoms with Gasteiger partial charge in [0, 0.05) is 25.9 Å². The van der Waals surface area contributed by atoms with E-state index in [1.54, 1.807) is 0 Å². The summed E-state index contributed by atoms with van der Waals surface area (Å²) in [5.41, 5.74) is 0. The third kappa shape index (κ3) is 13.3. The van der Waals surface area contributed by atoms with Crippen molar-refractivity contribution in [3.63, 3.8) is 0 Å². The van der Waals surface area contributed by atoms with Crippen molar-refractivity contribution >= 4 is 8.80 Å². The van der Waals surface area contributed by atoms with Gasteiger partial charge in [-0.1, -0.05) is 13.8 Å². The molecule has 0 saturated heterocycles. The summed E-state index contributed by atoms with van der Waals surface area (Å²) in [6.45, 7) is 15.5. The molecule has 0 aromatic carbocycles. The topological polar surface area (TPSA) is 55.4 Å². The van der Waals surface area contributed by atoms with Crippen LogP contribution in [0.1, 0.15) is 41.0 Å². The van der Waals surface area contributed by atoms with Gasteiger partial charge in [-0.3, -0.25) is 0 Å². The Morgan fingerprint density at radius 2 is 1.00 bits per heavy atom. The lowest BCUT2D eigenvalue weighted by atomic mass is 10.2. The van der Waals surface area contributed by atoms with E-state index in [0.717, 1.165) is 12.5 Å². The van der Waals surface area contributed by atoms with Crippen molar-refractivity contribution in [3.05, 3.63) is 0 Å². The molecule has 0 aromatic heterocycles. The van der Waals surface area contributed by atoms with E-state index in [1.165, 1.54) is 0 Å². The monoisotopic (exact) mass is 366 g/mol. The van der Waals surface area contributed by atoms with E-state index in [-0.39, 0.29) is 0 Å². The van der Waals surface area contributed by atoms with Crippen molar-refractivity contribution in [2.45, 2.75) is 47.1 Å². The molecule has 0 radical (unpaired) electrons. The van der Waals surface area contributed by atoms with E-state index < -0.39 is 8.80 Å². The summed E-state index contributed by atoms with van der Waals surface area (Å²) >= 11 is 0. The Bertz CT molecular complexity index is 234. The molecule has 24 heavy (non-hydrogen) atoms. The molecule has 0 N–H and O–H groups in total. The molecule has 0 rings (SSSR count). The first-order valence-electron chi connectivity index (χ1n) is 9.25. The minimum atomic E-state index is -2.75. The van der Waals surface area contributed by atoms with Crippen LogP contribution in [0.25, 0.3) is 0 Å². The van der Waals surface area contributed by atoms with E-state index >= 15 is 0 Å². The second kappa shape index (κ2) is 16.4. The average Bonchev–Trinajstić information content (AvgIpc) is 2.57. The lowest BCUT2D eigenvalue weighted by Gasteiger charge is -2.30. The summed E-state index contributed by atoms with van der Waals surface area (Å²) in [7, 11) is -2.75. The van der Waals surface area contributed by atoms with Crippen LogP contribution in [0.3, 0.4) is 0 Å². The van der Waals surface area contributed by atoms with Gasteiger partial charge in [0.1, 0.15) is 0 Å². The van der Waals surface area contributed by atoms with Gasteiger partial charge < -0.3 is 27.5 Å². The molecule has 0 aromatic rings. The summed E-state index contributed by atoms with van der Waals surface area (Å²) in [6.07, 6.45) is 1.00. The zero-order valence-corrected chi connectivity index (χ0v) is 17.3. The Labute approximate surface area is 149 Å². The second-order valence-electron chi connectivity index (χ2n) is 5.75. The molecule has 0 heterocycles. The van der Waals surface area contributed by atoms with E-state index in [1.807, 2.05) is 20.8 Å². The van der Waals surface area contributed by atoms with Gasteiger partial charge in [-0.15, -0.1) is 0 Å². The predicted molar refractivity (Wildman–Crippen MR) is 97.4 cm³/mol. The number of rotatable bonds is 18. The molecule has 6 nitrogen and oxygen atoms in total. The maximum absolute atomic E-state index is 6.10. The molecule has 0 unspecified atom stereocenters. The van der Waals surface area contributed by atoms with Gasteiger partial charge in [-0.2, -0.15) is 0 Å². The third-order valence-corrected chi connectivity index (χ3v) is 6.12. The fraction of sp³-hybridized carbons (Fsp3) is 1.00. The first kappa shape index (κ1) is 24.0. The van der Waals surface area contributed by atoms with Crippen molar-refractivity contribution < 1.29 is 27.5 Å². The van der Waals surface area contributed by atoms with Crippen molar-refractivity contribution in [2.75, 3.05) is 59.5 Å². The first-order valence-corrected chi connectivity index (χ1v) is 11.2. The second-order valence-corrected chi connectivity index (χ2v) is 8.48. The fourth-order valence-electron chi connectivity index (χ4n) is 2.01. The zero-order chi connectivity index (χ0) is 18.1. The van der Waals surface area contributed by atoms with Crippen LogP contribution in [-0.4, -0.2) is 68.3 Å². The summed E-state index contributed by atoms with van der Waals surface area (Å²) in [5, 5.41) is 0. The molecule has 0 bridgehead atoms. The molecule has 7 heteroatoms. The molecule has 0 fully saturated rings. The molecule has 0 spiro atoms. The van der Waals surface area contributed by atoms with Crippen LogP contribution in [0.15, 0.2) is 0 Å². The first-order chi connectivity index (χ1) is 11.6. The Hall–Kier alpha value is -0.0231. The van der Waals surface area contributed by atoms with Gasteiger partial charge in [0.05, 0.1) is 39.6 Å². The average molecular weight is 367 g/mol. The van der Waals surface area contributed by atoms with Gasteiger partial charge in [0.25, 0.3) is 0 Å². The number of ether oxygens (including phenoxy) is 3. The van der Waals surface area contributed by atoms with Gasteiger partial charge in [0.2, 0.25) is 0 Å². The molecule has 0 aliphatic carbocycles. The maximum Gasteiger partial charge on any atom is 0.501 e. The van der Waals surface area contributed by atoms with Crippen LogP contribution in [0.5, 0.6) is 0 Å². The van der Waals surface area contributed by atoms with E-state index in [2.05, 4.69) is 13.8 Å². The highest BCUT2D eigenvalue weighted by atomic mass is 28.4. The summed E-state index contributed by atoms with van der Waals surface area (Å²) in [5.74, 6) is 0.568. The molecule has 0 aliphatic heterocycles. The summed E-state index contributed by atoms with van der Waals surface area (Å²) in [4.78, 5) is 0. The van der Waals surface area contributed by atoms with Crippen molar-refractivity contribution in [3.8, 4) is 0 Å². The zero-order valence-electron chi connectivity index (χ0n) is 16.3. The van der Waals surface area contributed by atoms with Crippen LogP contribution < -0.4 is 0 Å². The van der Waals surface area contributed by atoms with Crippen LogP contribution in [0.4, 0.5) is 0 Å². The molecular weight excluding hydrogens is 328 g/mol. The van der Waals surface area contributed by atoms with E-state index in [0.29, 0.717) is 65.4 Å². The Morgan fingerprint density at radius 1 is 0.625 bits per heavy atom. The van der Waals surface area contributed by atoms with Crippen LogP contribution in [-0.2, 0) is 27.5 Å². The van der Waals surface area contributed by atoms with Gasteiger partial charge in [0.15, 0.2) is 0 Å². The quantitative estimate of drug-likeness (QED) is 0.274. The van der Waals surface area contributed by atoms with E-state index in [9.17, 15) is 0 Å². The SMILES string of the molecule is CCOCCO[Si](CCC(C)C)(OCCOCC)OCCOCC. The van der Waals surface area contributed by atoms with Gasteiger partial charge in [-0.05, 0) is 33.1 Å². The summed E-state index contributed by atoms with van der Waals surface area (Å²) < 4.78 is 34.4. The molecule has 0 atom stereocenters. The standard InChI is InChI=1S/C17H38O6Si/c1-6-18-10-13-21-24(16-9-17(4)5,22-14-11-19-7-2)23-15-12-20-8-3/h17H,6-16H2,1-5H3. The van der Waals surface area contributed by atoms with Gasteiger partial charge in [-0.25, -0.2) is 0 Å². The highest BCUT2D eigenvalue weighted by molar-refractivity contribution is 6.60. The largest absolute Gasteiger partial charge is 0.501 e. The molecule has 0 aliphatic rings. The normalized spacial score (nSPS) is 12.2. The van der Waals surface area contributed by atoms with E-state index in [4.69, 9.17) is 27.5 Å². The van der Waals surface area contributed by atoms with Crippen LogP contribution >= 0.6 is 0 Å². The van der Waals surface area contributed by atoms with Crippen molar-refractivity contribution in [1.82, 2.24) is 0 Å². The Balaban J connectivity index is 4.65. The molecular formula is C17H38O6Si. The number of hydrogen-bond acceptors (Lipinski definition) is 6. The van der Waals surface area contributed by atoms with Crippen LogP contribution in [0.2, 0.25) is 6.04 Å². The predicted octanol–water partition coefficient (Wildman–Crippen LogP) is 3.13. The smallest absolute Gasteiger partial charge is 0.379 e. The molecule has 146 valence electrons. The lowest BCUT2D eigenvalue weighted by molar-refractivity contribution is 0.00285. The Kier molecular flexibility index (Phi) is 16.4.